The largest absolute Gasteiger partial charge is 0.471 e. The zero-order valence-electron chi connectivity index (χ0n) is 14.7. The molecule has 0 aliphatic carbocycles. The second-order valence-corrected chi connectivity index (χ2v) is 5.75. The quantitative estimate of drug-likeness (QED) is 0.767. The molecule has 0 aromatic heterocycles. The number of hydrogen-bond donors (Lipinski definition) is 1. The van der Waals surface area contributed by atoms with Crippen LogP contribution in [0.4, 0.5) is 18.9 Å². The summed E-state index contributed by atoms with van der Waals surface area (Å²) in [5, 5.41) is 2.65. The van der Waals surface area contributed by atoms with Gasteiger partial charge in [-0.1, -0.05) is 42.5 Å². The summed E-state index contributed by atoms with van der Waals surface area (Å²) in [5.74, 6) is -2.25. The molecule has 0 spiro atoms. The van der Waals surface area contributed by atoms with E-state index in [1.54, 1.807) is 30.3 Å². The van der Waals surface area contributed by atoms with Gasteiger partial charge in [-0.15, -0.1) is 0 Å². The topological polar surface area (TPSA) is 49.4 Å². The Balaban J connectivity index is 2.03. The molecule has 0 heterocycles. The molecule has 0 bridgehead atoms. The molecule has 0 saturated heterocycles. The lowest BCUT2D eigenvalue weighted by Crippen LogP contribution is -2.40. The van der Waals surface area contributed by atoms with E-state index in [4.69, 9.17) is 0 Å². The van der Waals surface area contributed by atoms with Gasteiger partial charge in [0.25, 0.3) is 0 Å². The third kappa shape index (κ3) is 6.29. The number of carbonyl (C=O) groups is 2. The van der Waals surface area contributed by atoms with Gasteiger partial charge >= 0.3 is 12.1 Å². The van der Waals surface area contributed by atoms with Crippen LogP contribution < -0.4 is 5.32 Å². The van der Waals surface area contributed by atoms with Crippen LogP contribution in [-0.2, 0) is 16.1 Å². The van der Waals surface area contributed by atoms with Crippen molar-refractivity contribution < 1.29 is 22.8 Å². The molecule has 7 heteroatoms. The van der Waals surface area contributed by atoms with Crippen LogP contribution in [0.25, 0.3) is 6.08 Å². The Morgan fingerprint density at radius 2 is 1.78 bits per heavy atom. The van der Waals surface area contributed by atoms with Gasteiger partial charge in [0.05, 0.1) is 0 Å². The minimum Gasteiger partial charge on any atom is -0.331 e. The fourth-order valence-electron chi connectivity index (χ4n) is 2.39. The summed E-state index contributed by atoms with van der Waals surface area (Å²) >= 11 is 0. The molecule has 2 rings (SSSR count). The van der Waals surface area contributed by atoms with Crippen LogP contribution in [0.1, 0.15) is 18.1 Å². The zero-order valence-corrected chi connectivity index (χ0v) is 14.7. The van der Waals surface area contributed by atoms with E-state index in [0.717, 1.165) is 5.56 Å². The molecule has 1 N–H and O–H groups in total. The van der Waals surface area contributed by atoms with Gasteiger partial charge in [0.15, 0.2) is 0 Å². The average Bonchev–Trinajstić information content (AvgIpc) is 2.64. The number of nitrogens with one attached hydrogen (secondary N) is 1. The molecule has 0 atom stereocenters. The highest BCUT2D eigenvalue weighted by Crippen LogP contribution is 2.21. The molecule has 0 unspecified atom stereocenters. The van der Waals surface area contributed by atoms with Crippen LogP contribution in [0.3, 0.4) is 0 Å². The van der Waals surface area contributed by atoms with Gasteiger partial charge in [0.2, 0.25) is 5.91 Å². The van der Waals surface area contributed by atoms with E-state index in [2.05, 4.69) is 5.32 Å². The molecule has 27 heavy (non-hydrogen) atoms. The van der Waals surface area contributed by atoms with Crippen molar-refractivity contribution in [2.75, 3.05) is 11.9 Å². The molecule has 2 aromatic rings. The molecule has 0 radical (unpaired) electrons. The maximum Gasteiger partial charge on any atom is 0.471 e. The first-order valence-electron chi connectivity index (χ1n) is 8.28. The second kappa shape index (κ2) is 9.02. The SMILES string of the molecule is CCN(Cc1cccc(NC(=O)/C=C/c2ccccc2)c1)C(=O)C(F)(F)F. The second-order valence-electron chi connectivity index (χ2n) is 5.75. The van der Waals surface area contributed by atoms with E-state index in [1.807, 2.05) is 30.3 Å². The van der Waals surface area contributed by atoms with E-state index < -0.39 is 12.1 Å². The van der Waals surface area contributed by atoms with Gasteiger partial charge in [-0.2, -0.15) is 13.2 Å². The Morgan fingerprint density at radius 1 is 1.07 bits per heavy atom. The van der Waals surface area contributed by atoms with Crippen LogP contribution >= 0.6 is 0 Å². The van der Waals surface area contributed by atoms with Gasteiger partial charge in [0, 0.05) is 24.9 Å². The summed E-state index contributed by atoms with van der Waals surface area (Å²) in [6.07, 6.45) is -1.89. The number of benzene rings is 2. The van der Waals surface area contributed by atoms with Crippen molar-refractivity contribution in [3.63, 3.8) is 0 Å². The minimum absolute atomic E-state index is 0.0747. The molecule has 0 aliphatic rings. The molecular weight excluding hydrogens is 357 g/mol. The van der Waals surface area contributed by atoms with Crippen molar-refractivity contribution >= 4 is 23.6 Å². The first-order valence-corrected chi connectivity index (χ1v) is 8.28. The fourth-order valence-corrected chi connectivity index (χ4v) is 2.39. The highest BCUT2D eigenvalue weighted by molar-refractivity contribution is 6.01. The van der Waals surface area contributed by atoms with E-state index in [9.17, 15) is 22.8 Å². The lowest BCUT2D eigenvalue weighted by Gasteiger charge is -2.22. The Kier molecular flexibility index (Phi) is 6.76. The van der Waals surface area contributed by atoms with Crippen molar-refractivity contribution in [3.05, 3.63) is 71.8 Å². The minimum atomic E-state index is -4.91. The van der Waals surface area contributed by atoms with Crippen LogP contribution in [-0.4, -0.2) is 29.4 Å². The highest BCUT2D eigenvalue weighted by atomic mass is 19.4. The normalized spacial score (nSPS) is 11.4. The van der Waals surface area contributed by atoms with Crippen LogP contribution in [0.15, 0.2) is 60.7 Å². The molecular formula is C20H19F3N2O2. The van der Waals surface area contributed by atoms with Crippen molar-refractivity contribution in [2.24, 2.45) is 0 Å². The highest BCUT2D eigenvalue weighted by Gasteiger charge is 2.41. The van der Waals surface area contributed by atoms with E-state index in [-0.39, 0.29) is 19.0 Å². The molecule has 0 saturated carbocycles. The summed E-state index contributed by atoms with van der Waals surface area (Å²) in [6, 6.07) is 15.6. The van der Waals surface area contributed by atoms with Crippen LogP contribution in [0.5, 0.6) is 0 Å². The monoisotopic (exact) mass is 376 g/mol. The number of halogens is 3. The van der Waals surface area contributed by atoms with E-state index in [0.29, 0.717) is 16.2 Å². The number of nitrogens with zero attached hydrogens (tertiary/aromatic N) is 1. The molecule has 2 aromatic carbocycles. The Morgan fingerprint density at radius 3 is 2.41 bits per heavy atom. The van der Waals surface area contributed by atoms with E-state index in [1.165, 1.54) is 13.0 Å². The summed E-state index contributed by atoms with van der Waals surface area (Å²) in [5.41, 5.74) is 1.79. The Labute approximate surface area is 155 Å². The van der Waals surface area contributed by atoms with Gasteiger partial charge in [-0.3, -0.25) is 9.59 Å². The molecule has 0 fully saturated rings. The summed E-state index contributed by atoms with van der Waals surface area (Å²) in [7, 11) is 0. The molecule has 0 aliphatic heterocycles. The van der Waals surface area contributed by atoms with E-state index >= 15 is 0 Å². The number of rotatable bonds is 6. The lowest BCUT2D eigenvalue weighted by atomic mass is 10.1. The first kappa shape index (κ1) is 20.2. The number of anilines is 1. The first-order chi connectivity index (χ1) is 12.8. The summed E-state index contributed by atoms with van der Waals surface area (Å²) in [6.45, 7) is 1.21. The molecule has 2 amide bonds. The van der Waals surface area contributed by atoms with Crippen LogP contribution in [0.2, 0.25) is 0 Å². The average molecular weight is 376 g/mol. The number of hydrogen-bond acceptors (Lipinski definition) is 2. The number of amides is 2. The molecule has 4 nitrogen and oxygen atoms in total. The molecule has 142 valence electrons. The summed E-state index contributed by atoms with van der Waals surface area (Å²) < 4.78 is 37.8. The third-order valence-electron chi connectivity index (χ3n) is 3.71. The van der Waals surface area contributed by atoms with Crippen LogP contribution in [0, 0.1) is 0 Å². The van der Waals surface area contributed by atoms with Gasteiger partial charge in [0.1, 0.15) is 0 Å². The smallest absolute Gasteiger partial charge is 0.331 e. The van der Waals surface area contributed by atoms with Gasteiger partial charge in [-0.05, 0) is 36.3 Å². The maximum atomic E-state index is 12.6. The predicted molar refractivity (Wildman–Crippen MR) is 97.7 cm³/mol. The number of carbonyl (C=O) groups excluding carboxylic acids is 2. The number of alkyl halides is 3. The van der Waals surface area contributed by atoms with Crippen molar-refractivity contribution in [1.29, 1.82) is 0 Å². The van der Waals surface area contributed by atoms with Crippen molar-refractivity contribution in [1.82, 2.24) is 4.90 Å². The van der Waals surface area contributed by atoms with Crippen molar-refractivity contribution in [3.8, 4) is 0 Å². The van der Waals surface area contributed by atoms with Gasteiger partial charge in [-0.25, -0.2) is 0 Å². The Bertz CT molecular complexity index is 817. The fraction of sp³-hybridized carbons (Fsp3) is 0.200. The van der Waals surface area contributed by atoms with Gasteiger partial charge < -0.3 is 10.2 Å². The van der Waals surface area contributed by atoms with Crippen molar-refractivity contribution in [2.45, 2.75) is 19.6 Å². The standard InChI is InChI=1S/C20H19F3N2O2/c1-2-25(19(27)20(21,22)23)14-16-9-6-10-17(13-16)24-18(26)12-11-15-7-4-3-5-8-15/h3-13H,2,14H2,1H3,(H,24,26)/b12-11+. The summed E-state index contributed by atoms with van der Waals surface area (Å²) in [4.78, 5) is 24.1. The third-order valence-corrected chi connectivity index (χ3v) is 3.71. The Hall–Kier alpha value is -3.09. The predicted octanol–water partition coefficient (Wildman–Crippen LogP) is 4.25. The maximum absolute atomic E-state index is 12.6. The zero-order chi connectivity index (χ0) is 19.9. The lowest BCUT2D eigenvalue weighted by molar-refractivity contribution is -0.185.